The topological polar surface area (TPSA) is 83.2 Å². The summed E-state index contributed by atoms with van der Waals surface area (Å²) in [4.78, 5) is 6.99. The van der Waals surface area contributed by atoms with Gasteiger partial charge in [0.05, 0.1) is 12.7 Å². The molecule has 0 saturated carbocycles. The number of nitriles is 1. The Bertz CT molecular complexity index is 938. The summed E-state index contributed by atoms with van der Waals surface area (Å²) in [7, 11) is 0. The first-order valence-corrected chi connectivity index (χ1v) is 8.74. The molecule has 0 aliphatic carbocycles. The fraction of sp³-hybridized carbons (Fsp3) is 0.235. The number of halogens is 2. The Hall–Kier alpha value is -2.70. The molecule has 2 N–H and O–H groups in total. The van der Waals surface area contributed by atoms with E-state index in [2.05, 4.69) is 10.1 Å². The van der Waals surface area contributed by atoms with E-state index < -0.39 is 6.17 Å². The van der Waals surface area contributed by atoms with Crippen molar-refractivity contribution in [3.8, 4) is 6.07 Å². The Balaban J connectivity index is 0.000000185. The summed E-state index contributed by atoms with van der Waals surface area (Å²) < 4.78 is 27.0. The first-order chi connectivity index (χ1) is 12.6. The molecule has 9 heteroatoms. The zero-order chi connectivity index (χ0) is 18.5. The van der Waals surface area contributed by atoms with Gasteiger partial charge in [-0.05, 0) is 42.6 Å². The van der Waals surface area contributed by atoms with E-state index in [0.717, 1.165) is 16.8 Å². The first-order valence-electron chi connectivity index (χ1n) is 7.86. The molecule has 0 spiro atoms. The van der Waals surface area contributed by atoms with E-state index in [9.17, 15) is 8.78 Å². The highest BCUT2D eigenvalue weighted by atomic mass is 32.2. The Morgan fingerprint density at radius 2 is 2.19 bits per heavy atom. The molecule has 26 heavy (non-hydrogen) atoms. The Labute approximate surface area is 153 Å². The number of hydrogen-bond donors (Lipinski definition) is 1. The molecule has 0 radical (unpaired) electrons. The van der Waals surface area contributed by atoms with Crippen LogP contribution in [0.25, 0.3) is 5.65 Å². The van der Waals surface area contributed by atoms with Crippen LogP contribution < -0.4 is 10.0 Å². The minimum Gasteiger partial charge on any atom is -0.353 e. The van der Waals surface area contributed by atoms with Crippen LogP contribution in [0.5, 0.6) is 0 Å². The van der Waals surface area contributed by atoms with E-state index in [-0.39, 0.29) is 5.82 Å². The van der Waals surface area contributed by atoms with Crippen LogP contribution in [0.1, 0.15) is 12.0 Å². The molecule has 1 aromatic carbocycles. The summed E-state index contributed by atoms with van der Waals surface area (Å²) in [5.41, 5.74) is 0.954. The van der Waals surface area contributed by atoms with Gasteiger partial charge in [-0.2, -0.15) is 10.4 Å². The Morgan fingerprint density at radius 3 is 2.81 bits per heavy atom. The highest BCUT2D eigenvalue weighted by molar-refractivity contribution is 7.97. The number of benzene rings is 1. The highest BCUT2D eigenvalue weighted by Gasteiger charge is 2.23. The van der Waals surface area contributed by atoms with Crippen molar-refractivity contribution in [3.63, 3.8) is 0 Å². The van der Waals surface area contributed by atoms with Gasteiger partial charge >= 0.3 is 0 Å². The molecule has 1 atom stereocenters. The molecule has 1 fully saturated rings. The third kappa shape index (κ3) is 4.09. The average molecular weight is 374 g/mol. The second-order valence-corrected chi connectivity index (χ2v) is 6.34. The van der Waals surface area contributed by atoms with Crippen molar-refractivity contribution in [1.82, 2.24) is 14.6 Å². The van der Waals surface area contributed by atoms with Crippen molar-refractivity contribution in [2.75, 3.05) is 18.0 Å². The number of alkyl halides is 1. The smallest absolute Gasteiger partial charge is 0.175 e. The summed E-state index contributed by atoms with van der Waals surface area (Å²) in [6.07, 6.45) is 2.98. The Morgan fingerprint density at radius 1 is 1.35 bits per heavy atom. The minimum atomic E-state index is -0.784. The minimum absolute atomic E-state index is 0.245. The van der Waals surface area contributed by atoms with Crippen molar-refractivity contribution in [2.45, 2.75) is 17.5 Å². The number of hydrogen-bond acceptors (Lipinski definition) is 6. The van der Waals surface area contributed by atoms with Crippen LogP contribution in [0.15, 0.2) is 47.6 Å². The van der Waals surface area contributed by atoms with E-state index in [1.165, 1.54) is 18.3 Å². The quantitative estimate of drug-likeness (QED) is 0.695. The van der Waals surface area contributed by atoms with Crippen LogP contribution in [0.3, 0.4) is 0 Å². The molecule has 4 rings (SSSR count). The molecule has 1 aliphatic rings. The summed E-state index contributed by atoms with van der Waals surface area (Å²) in [6.45, 7) is 1.04. The van der Waals surface area contributed by atoms with Crippen LogP contribution in [0, 0.1) is 17.1 Å². The second kappa shape index (κ2) is 8.12. The molecular weight excluding hydrogens is 358 g/mol. The molecule has 3 heterocycles. The van der Waals surface area contributed by atoms with Gasteiger partial charge < -0.3 is 4.90 Å². The standard InChI is InChI=1S/C11H10FN5.C6H6FNS/c12-9-1-3-16(7-9)10-2-4-17-11(15-10)8(5-13)6-14-17;7-5-2-1-3-6(4-5)9-8/h2,4,6,9H,1,3,7H2;1-4H,8H2. The van der Waals surface area contributed by atoms with E-state index in [1.807, 2.05) is 11.0 Å². The third-order valence-corrected chi connectivity index (χ3v) is 4.39. The summed E-state index contributed by atoms with van der Waals surface area (Å²) in [5, 5.41) is 18.1. The number of anilines is 1. The summed E-state index contributed by atoms with van der Waals surface area (Å²) in [5.74, 6) is 0.458. The van der Waals surface area contributed by atoms with Crippen LogP contribution in [0.2, 0.25) is 0 Å². The molecule has 1 aliphatic heterocycles. The van der Waals surface area contributed by atoms with Gasteiger partial charge in [0, 0.05) is 17.6 Å². The van der Waals surface area contributed by atoms with Gasteiger partial charge in [-0.25, -0.2) is 18.3 Å². The maximum atomic E-state index is 13.1. The van der Waals surface area contributed by atoms with Gasteiger partial charge in [0.2, 0.25) is 0 Å². The lowest BCUT2D eigenvalue weighted by atomic mass is 10.3. The lowest BCUT2D eigenvalue weighted by molar-refractivity contribution is 0.364. The van der Waals surface area contributed by atoms with Crippen molar-refractivity contribution in [3.05, 3.63) is 54.1 Å². The van der Waals surface area contributed by atoms with E-state index in [0.29, 0.717) is 36.5 Å². The van der Waals surface area contributed by atoms with Crippen LogP contribution in [-0.2, 0) is 0 Å². The zero-order valence-corrected chi connectivity index (χ0v) is 14.5. The van der Waals surface area contributed by atoms with E-state index >= 15 is 0 Å². The molecule has 1 saturated heterocycles. The molecule has 0 bridgehead atoms. The number of nitrogens with zero attached hydrogens (tertiary/aromatic N) is 5. The first kappa shape index (κ1) is 18.1. The van der Waals surface area contributed by atoms with Gasteiger partial charge in [0.25, 0.3) is 0 Å². The maximum absolute atomic E-state index is 13.1. The predicted octanol–water partition coefficient (Wildman–Crippen LogP) is 2.94. The Kier molecular flexibility index (Phi) is 5.65. The van der Waals surface area contributed by atoms with Gasteiger partial charge in [0.15, 0.2) is 5.65 Å². The number of fused-ring (bicyclic) bond motifs is 1. The zero-order valence-electron chi connectivity index (χ0n) is 13.7. The van der Waals surface area contributed by atoms with Crippen molar-refractivity contribution < 1.29 is 8.78 Å². The lowest BCUT2D eigenvalue weighted by Gasteiger charge is -2.15. The normalized spacial score (nSPS) is 16.2. The average Bonchev–Trinajstić information content (AvgIpc) is 3.27. The number of aromatic nitrogens is 3. The second-order valence-electron chi connectivity index (χ2n) is 5.63. The number of rotatable bonds is 2. The SMILES string of the molecule is N#Cc1cnn2ccc(N3CCC(F)C3)nc12.NSc1cccc(F)c1. The van der Waals surface area contributed by atoms with Crippen molar-refractivity contribution in [1.29, 1.82) is 5.26 Å². The fourth-order valence-electron chi connectivity index (χ4n) is 2.58. The van der Waals surface area contributed by atoms with Crippen molar-refractivity contribution >= 4 is 23.4 Å². The lowest BCUT2D eigenvalue weighted by Crippen LogP contribution is -2.21. The van der Waals surface area contributed by atoms with E-state index in [1.54, 1.807) is 28.9 Å². The molecule has 2 aromatic heterocycles. The van der Waals surface area contributed by atoms with E-state index in [4.69, 9.17) is 10.4 Å². The van der Waals surface area contributed by atoms with Gasteiger partial charge in [-0.3, -0.25) is 5.14 Å². The van der Waals surface area contributed by atoms with Crippen molar-refractivity contribution in [2.24, 2.45) is 5.14 Å². The van der Waals surface area contributed by atoms with Gasteiger partial charge in [-0.15, -0.1) is 0 Å². The molecule has 1 unspecified atom stereocenters. The fourth-order valence-corrected chi connectivity index (χ4v) is 2.92. The van der Waals surface area contributed by atoms with Crippen LogP contribution in [0.4, 0.5) is 14.6 Å². The summed E-state index contributed by atoms with van der Waals surface area (Å²) in [6, 6.07) is 10.00. The largest absolute Gasteiger partial charge is 0.353 e. The molecular formula is C17H16F2N6S. The molecule has 0 amide bonds. The van der Waals surface area contributed by atoms with Crippen LogP contribution >= 0.6 is 11.9 Å². The highest BCUT2D eigenvalue weighted by Crippen LogP contribution is 2.21. The van der Waals surface area contributed by atoms with Crippen LogP contribution in [-0.4, -0.2) is 33.9 Å². The maximum Gasteiger partial charge on any atom is 0.175 e. The number of nitrogens with two attached hydrogens (primary N) is 1. The molecule has 6 nitrogen and oxygen atoms in total. The monoisotopic (exact) mass is 374 g/mol. The predicted molar refractivity (Wildman–Crippen MR) is 95.9 cm³/mol. The van der Waals surface area contributed by atoms with Gasteiger partial charge in [-0.1, -0.05) is 6.07 Å². The summed E-state index contributed by atoms with van der Waals surface area (Å²) >= 11 is 1.04. The molecule has 134 valence electrons. The third-order valence-electron chi connectivity index (χ3n) is 3.86. The van der Waals surface area contributed by atoms with Gasteiger partial charge in [0.1, 0.15) is 29.4 Å². The molecule has 3 aromatic rings.